The Morgan fingerprint density at radius 3 is 2.55 bits per heavy atom. The van der Waals surface area contributed by atoms with Crippen LogP contribution in [0.15, 0.2) is 29.4 Å². The Bertz CT molecular complexity index is 858. The van der Waals surface area contributed by atoms with Gasteiger partial charge in [0, 0.05) is 19.2 Å². The van der Waals surface area contributed by atoms with E-state index in [9.17, 15) is 23.1 Å². The number of rotatable bonds is 7. The summed E-state index contributed by atoms with van der Waals surface area (Å²) in [5.41, 5.74) is 5.50. The standard InChI is InChI=1S/C21H32N4O5S/c22-21(28)19-20(27)16(24-17(26)12-11-15-7-2-1-3-8-15)9-6-14-25(19)31(29,30)18-10-4-5-13-23-18/h4-5,10,13,15-16,19-20,27H,1-3,6-9,11-12,14H2,(H2,22,28)(H,24,26)/t16?,19?,20-/m0/s1. The predicted molar refractivity (Wildman–Crippen MR) is 114 cm³/mol. The number of nitrogens with two attached hydrogens (primary N) is 1. The zero-order valence-corrected chi connectivity index (χ0v) is 18.5. The molecule has 0 spiro atoms. The van der Waals surface area contributed by atoms with Crippen molar-refractivity contribution < 1.29 is 23.1 Å². The van der Waals surface area contributed by atoms with Crippen molar-refractivity contribution in [1.82, 2.24) is 14.6 Å². The molecular formula is C21H32N4O5S. The molecule has 172 valence electrons. The van der Waals surface area contributed by atoms with Gasteiger partial charge in [-0.05, 0) is 37.3 Å². The number of sulfonamides is 1. The highest BCUT2D eigenvalue weighted by molar-refractivity contribution is 7.89. The molecule has 9 nitrogen and oxygen atoms in total. The van der Waals surface area contributed by atoms with E-state index in [2.05, 4.69) is 10.3 Å². The summed E-state index contributed by atoms with van der Waals surface area (Å²) in [6.45, 7) is -0.00197. The number of hydrogen-bond donors (Lipinski definition) is 3. The Morgan fingerprint density at radius 2 is 1.90 bits per heavy atom. The van der Waals surface area contributed by atoms with Crippen molar-refractivity contribution in [3.63, 3.8) is 0 Å². The number of carbonyl (C=O) groups excluding carboxylic acids is 2. The van der Waals surface area contributed by atoms with Gasteiger partial charge in [0.25, 0.3) is 10.0 Å². The van der Waals surface area contributed by atoms with E-state index in [1.165, 1.54) is 37.6 Å². The van der Waals surface area contributed by atoms with Crippen LogP contribution in [0.25, 0.3) is 0 Å². The van der Waals surface area contributed by atoms with Gasteiger partial charge < -0.3 is 16.2 Å². The lowest BCUT2D eigenvalue weighted by atomic mass is 9.86. The second-order valence-electron chi connectivity index (χ2n) is 8.48. The van der Waals surface area contributed by atoms with E-state index in [-0.39, 0.29) is 17.5 Å². The van der Waals surface area contributed by atoms with Crippen molar-refractivity contribution in [1.29, 1.82) is 0 Å². The van der Waals surface area contributed by atoms with E-state index in [0.29, 0.717) is 25.2 Å². The number of primary amides is 1. The number of pyridine rings is 1. The van der Waals surface area contributed by atoms with Gasteiger partial charge in [-0.3, -0.25) is 9.59 Å². The largest absolute Gasteiger partial charge is 0.389 e. The summed E-state index contributed by atoms with van der Waals surface area (Å²) < 4.78 is 27.0. The average molecular weight is 453 g/mol. The van der Waals surface area contributed by atoms with Crippen LogP contribution in [-0.4, -0.2) is 59.4 Å². The van der Waals surface area contributed by atoms with E-state index < -0.39 is 34.1 Å². The van der Waals surface area contributed by atoms with Gasteiger partial charge in [-0.1, -0.05) is 38.2 Å². The molecule has 1 aliphatic heterocycles. The van der Waals surface area contributed by atoms with Gasteiger partial charge >= 0.3 is 0 Å². The topological polar surface area (TPSA) is 143 Å². The molecule has 2 amide bonds. The summed E-state index contributed by atoms with van der Waals surface area (Å²) in [6.07, 6.45) is 7.69. The smallest absolute Gasteiger partial charge is 0.261 e. The molecule has 3 atom stereocenters. The minimum absolute atomic E-state index is 0.00197. The van der Waals surface area contributed by atoms with Crippen LogP contribution >= 0.6 is 0 Å². The maximum atomic E-state index is 13.1. The highest BCUT2D eigenvalue weighted by Gasteiger charge is 2.44. The number of amides is 2. The molecule has 2 aliphatic rings. The third-order valence-corrected chi connectivity index (χ3v) is 8.09. The van der Waals surface area contributed by atoms with Gasteiger partial charge in [-0.2, -0.15) is 4.31 Å². The number of nitrogens with one attached hydrogen (secondary N) is 1. The molecule has 0 radical (unpaired) electrons. The van der Waals surface area contributed by atoms with Crippen LogP contribution in [-0.2, 0) is 19.6 Å². The van der Waals surface area contributed by atoms with Gasteiger partial charge in [0.1, 0.15) is 6.04 Å². The quantitative estimate of drug-likeness (QED) is 0.562. The molecule has 31 heavy (non-hydrogen) atoms. The van der Waals surface area contributed by atoms with Crippen LogP contribution in [0, 0.1) is 5.92 Å². The molecule has 1 aromatic heterocycles. The van der Waals surface area contributed by atoms with Crippen molar-refractivity contribution in [2.24, 2.45) is 11.7 Å². The molecule has 1 saturated carbocycles. The number of aliphatic hydroxyl groups is 1. The van der Waals surface area contributed by atoms with Crippen LogP contribution in [0.2, 0.25) is 0 Å². The second-order valence-corrected chi connectivity index (χ2v) is 10.3. The molecule has 2 fully saturated rings. The lowest BCUT2D eigenvalue weighted by Gasteiger charge is -2.32. The third-order valence-electron chi connectivity index (χ3n) is 6.29. The van der Waals surface area contributed by atoms with Crippen molar-refractivity contribution in [3.05, 3.63) is 24.4 Å². The van der Waals surface area contributed by atoms with E-state index in [4.69, 9.17) is 5.73 Å². The maximum Gasteiger partial charge on any atom is 0.261 e. The fourth-order valence-electron chi connectivity index (χ4n) is 4.61. The zero-order valence-electron chi connectivity index (χ0n) is 17.7. The summed E-state index contributed by atoms with van der Waals surface area (Å²) in [6, 6.07) is 2.21. The molecule has 1 saturated heterocycles. The van der Waals surface area contributed by atoms with Crippen molar-refractivity contribution >= 4 is 21.8 Å². The van der Waals surface area contributed by atoms with E-state index in [1.54, 1.807) is 6.07 Å². The van der Waals surface area contributed by atoms with Gasteiger partial charge in [0.15, 0.2) is 5.03 Å². The average Bonchev–Trinajstić information content (AvgIpc) is 2.93. The van der Waals surface area contributed by atoms with E-state index in [1.807, 2.05) is 0 Å². The summed E-state index contributed by atoms with van der Waals surface area (Å²) >= 11 is 0. The number of carbonyl (C=O) groups is 2. The van der Waals surface area contributed by atoms with Gasteiger partial charge in [-0.15, -0.1) is 0 Å². The second kappa shape index (κ2) is 10.5. The molecule has 4 N–H and O–H groups in total. The van der Waals surface area contributed by atoms with E-state index in [0.717, 1.165) is 23.6 Å². The Balaban J connectivity index is 1.70. The molecule has 2 unspecified atom stereocenters. The molecule has 2 heterocycles. The van der Waals surface area contributed by atoms with Crippen molar-refractivity contribution in [3.8, 4) is 0 Å². The Kier molecular flexibility index (Phi) is 8.01. The maximum absolute atomic E-state index is 13.1. The highest BCUT2D eigenvalue weighted by Crippen LogP contribution is 2.28. The fourth-order valence-corrected chi connectivity index (χ4v) is 6.20. The lowest BCUT2D eigenvalue weighted by molar-refractivity contribution is -0.128. The first-order valence-corrected chi connectivity index (χ1v) is 12.4. The summed E-state index contributed by atoms with van der Waals surface area (Å²) in [5.74, 6) is -0.606. The van der Waals surface area contributed by atoms with Crippen LogP contribution in [0.5, 0.6) is 0 Å². The van der Waals surface area contributed by atoms with Crippen molar-refractivity contribution in [2.75, 3.05) is 6.54 Å². The molecule has 3 rings (SSSR count). The van der Waals surface area contributed by atoms with Crippen LogP contribution in [0.1, 0.15) is 57.8 Å². The molecule has 1 aliphatic carbocycles. The first-order chi connectivity index (χ1) is 14.8. The van der Waals surface area contributed by atoms with Gasteiger partial charge in [0.2, 0.25) is 11.8 Å². The number of hydrogen-bond acceptors (Lipinski definition) is 6. The Morgan fingerprint density at radius 1 is 1.16 bits per heavy atom. The van der Waals surface area contributed by atoms with Gasteiger partial charge in [-0.25, -0.2) is 13.4 Å². The molecule has 0 aromatic carbocycles. The zero-order chi connectivity index (χ0) is 22.4. The number of nitrogens with zero attached hydrogens (tertiary/aromatic N) is 2. The SMILES string of the molecule is NC(=O)C1[C@@H](O)C(NC(=O)CCC2CCCCC2)CCCN1S(=O)(=O)c1ccccn1. The minimum atomic E-state index is -4.14. The third kappa shape index (κ3) is 5.81. The molecule has 1 aromatic rings. The van der Waals surface area contributed by atoms with Crippen molar-refractivity contribution in [2.45, 2.75) is 81.0 Å². The van der Waals surface area contributed by atoms with Crippen LogP contribution in [0.4, 0.5) is 0 Å². The normalized spacial score (nSPS) is 26.2. The first-order valence-electron chi connectivity index (χ1n) is 11.0. The van der Waals surface area contributed by atoms with E-state index >= 15 is 0 Å². The fraction of sp³-hybridized carbons (Fsp3) is 0.667. The molecular weight excluding hydrogens is 420 g/mol. The predicted octanol–water partition coefficient (Wildman–Crippen LogP) is 0.926. The summed E-state index contributed by atoms with van der Waals surface area (Å²) in [4.78, 5) is 28.6. The highest BCUT2D eigenvalue weighted by atomic mass is 32.2. The lowest BCUT2D eigenvalue weighted by Crippen LogP contribution is -2.58. The Hall–Kier alpha value is -2.04. The monoisotopic (exact) mass is 452 g/mol. The van der Waals surface area contributed by atoms with Crippen LogP contribution < -0.4 is 11.1 Å². The van der Waals surface area contributed by atoms with Crippen LogP contribution in [0.3, 0.4) is 0 Å². The van der Waals surface area contributed by atoms with Gasteiger partial charge in [0.05, 0.1) is 12.1 Å². The summed E-state index contributed by atoms with van der Waals surface area (Å²) in [7, 11) is -4.14. The minimum Gasteiger partial charge on any atom is -0.389 e. The summed E-state index contributed by atoms with van der Waals surface area (Å²) in [5, 5.41) is 13.5. The number of aromatic nitrogens is 1. The Labute approximate surface area is 183 Å². The first kappa shape index (κ1) is 23.6. The number of aliphatic hydroxyl groups excluding tert-OH is 1. The molecule has 0 bridgehead atoms. The molecule has 10 heteroatoms.